The predicted octanol–water partition coefficient (Wildman–Crippen LogP) is 1.34. The smallest absolute Gasteiger partial charge is 0.267 e. The van der Waals surface area contributed by atoms with E-state index in [1.807, 2.05) is 0 Å². The highest BCUT2D eigenvalue weighted by Crippen LogP contribution is 2.07. The maximum atomic E-state index is 11.4. The van der Waals surface area contributed by atoms with Gasteiger partial charge in [-0.3, -0.25) is 4.79 Å². The molecule has 0 aliphatic heterocycles. The molecule has 0 atom stereocenters. The van der Waals surface area contributed by atoms with Crippen molar-refractivity contribution in [2.45, 2.75) is 6.54 Å². The lowest BCUT2D eigenvalue weighted by Gasteiger charge is -2.03. The van der Waals surface area contributed by atoms with E-state index >= 15 is 0 Å². The first-order chi connectivity index (χ1) is 7.25. The number of nitrogens with zero attached hydrogens (tertiary/aromatic N) is 3. The Morgan fingerprint density at radius 2 is 2.20 bits per heavy atom. The van der Waals surface area contributed by atoms with Gasteiger partial charge in [0.15, 0.2) is 0 Å². The summed E-state index contributed by atoms with van der Waals surface area (Å²) in [7, 11) is 0. The van der Waals surface area contributed by atoms with Crippen LogP contribution in [0.4, 0.5) is 0 Å². The van der Waals surface area contributed by atoms with E-state index in [0.29, 0.717) is 11.7 Å². The van der Waals surface area contributed by atoms with E-state index in [4.69, 9.17) is 11.6 Å². The molecule has 2 rings (SSSR count). The van der Waals surface area contributed by atoms with Crippen molar-refractivity contribution >= 4 is 11.6 Å². The molecule has 0 bridgehead atoms. The highest BCUT2D eigenvalue weighted by Gasteiger charge is 1.98. The summed E-state index contributed by atoms with van der Waals surface area (Å²) in [6.45, 7) is 0.405. The first-order valence-electron chi connectivity index (χ1n) is 4.38. The van der Waals surface area contributed by atoms with Crippen molar-refractivity contribution in [3.63, 3.8) is 0 Å². The van der Waals surface area contributed by atoms with Crippen molar-refractivity contribution in [1.29, 1.82) is 0 Å². The molecule has 76 valence electrons. The minimum Gasteiger partial charge on any atom is -0.268 e. The Balaban J connectivity index is 2.30. The second kappa shape index (κ2) is 4.23. The van der Waals surface area contributed by atoms with E-state index in [9.17, 15) is 4.79 Å². The number of halogens is 1. The van der Waals surface area contributed by atoms with Gasteiger partial charge in [0.2, 0.25) is 0 Å². The van der Waals surface area contributed by atoms with Gasteiger partial charge in [-0.25, -0.2) is 9.67 Å². The van der Waals surface area contributed by atoms with Crippen molar-refractivity contribution < 1.29 is 0 Å². The lowest BCUT2D eigenvalue weighted by Crippen LogP contribution is -2.21. The first kappa shape index (κ1) is 9.86. The molecule has 0 unspecified atom stereocenters. The number of pyridine rings is 1. The summed E-state index contributed by atoms with van der Waals surface area (Å²) in [6.07, 6.45) is 3.18. The molecule has 0 radical (unpaired) electrons. The molecule has 0 saturated carbocycles. The molecule has 0 saturated heterocycles. The zero-order valence-corrected chi connectivity index (χ0v) is 8.55. The zero-order chi connectivity index (χ0) is 10.7. The largest absolute Gasteiger partial charge is 0.268 e. The van der Waals surface area contributed by atoms with Gasteiger partial charge in [0.1, 0.15) is 5.15 Å². The molecule has 5 heteroatoms. The van der Waals surface area contributed by atoms with Gasteiger partial charge in [-0.1, -0.05) is 11.6 Å². The van der Waals surface area contributed by atoms with Crippen LogP contribution in [0.15, 0.2) is 41.5 Å². The Labute approximate surface area is 91.2 Å². The fourth-order valence-corrected chi connectivity index (χ4v) is 1.42. The first-order valence-corrected chi connectivity index (χ1v) is 4.76. The third-order valence-electron chi connectivity index (χ3n) is 1.91. The Bertz CT molecular complexity index is 524. The van der Waals surface area contributed by atoms with Crippen LogP contribution >= 0.6 is 11.6 Å². The number of hydrogen-bond donors (Lipinski definition) is 0. The van der Waals surface area contributed by atoms with Crippen LogP contribution in [0, 0.1) is 0 Å². The van der Waals surface area contributed by atoms with E-state index in [0.717, 1.165) is 5.56 Å². The summed E-state index contributed by atoms with van der Waals surface area (Å²) in [5, 5.41) is 4.36. The van der Waals surface area contributed by atoms with Crippen LogP contribution in [-0.2, 0) is 6.54 Å². The molecule has 15 heavy (non-hydrogen) atoms. The average Bonchev–Trinajstić information content (AvgIpc) is 2.22. The number of rotatable bonds is 2. The van der Waals surface area contributed by atoms with Crippen LogP contribution < -0.4 is 5.56 Å². The highest BCUT2D eigenvalue weighted by molar-refractivity contribution is 6.29. The summed E-state index contributed by atoms with van der Waals surface area (Å²) < 4.78 is 1.37. The Kier molecular flexibility index (Phi) is 2.78. The Morgan fingerprint density at radius 3 is 2.93 bits per heavy atom. The monoisotopic (exact) mass is 221 g/mol. The summed E-state index contributed by atoms with van der Waals surface area (Å²) >= 11 is 5.73. The number of aromatic nitrogens is 3. The topological polar surface area (TPSA) is 47.8 Å². The van der Waals surface area contributed by atoms with Crippen LogP contribution in [0.5, 0.6) is 0 Å². The molecule has 0 aliphatic rings. The van der Waals surface area contributed by atoms with Crippen LogP contribution in [-0.4, -0.2) is 14.8 Å². The van der Waals surface area contributed by atoms with Crippen LogP contribution in [0.2, 0.25) is 5.15 Å². The van der Waals surface area contributed by atoms with Crippen molar-refractivity contribution in [1.82, 2.24) is 14.8 Å². The van der Waals surface area contributed by atoms with Crippen LogP contribution in [0.1, 0.15) is 5.56 Å². The van der Waals surface area contributed by atoms with Gasteiger partial charge in [-0.2, -0.15) is 5.10 Å². The molecule has 0 amide bonds. The summed E-state index contributed by atoms with van der Waals surface area (Å²) in [6, 6.07) is 6.59. The van der Waals surface area contributed by atoms with E-state index in [2.05, 4.69) is 10.1 Å². The molecule has 2 aromatic heterocycles. The minimum atomic E-state index is -0.134. The van der Waals surface area contributed by atoms with Gasteiger partial charge >= 0.3 is 0 Å². The Morgan fingerprint density at radius 1 is 1.33 bits per heavy atom. The fraction of sp³-hybridized carbons (Fsp3) is 0.100. The quantitative estimate of drug-likeness (QED) is 0.719. The van der Waals surface area contributed by atoms with Crippen molar-refractivity contribution in [3.8, 4) is 0 Å². The molecule has 0 spiro atoms. The lowest BCUT2D eigenvalue weighted by atomic mass is 10.3. The van der Waals surface area contributed by atoms with E-state index in [1.165, 1.54) is 10.7 Å². The lowest BCUT2D eigenvalue weighted by molar-refractivity contribution is 0.638. The molecular weight excluding hydrogens is 214 g/mol. The standard InChI is InChI=1S/C10H8ClN3O/c11-9-6-8(3-5-12-9)7-14-10(15)2-1-4-13-14/h1-6H,7H2. The second-order valence-corrected chi connectivity index (χ2v) is 3.39. The van der Waals surface area contributed by atoms with Gasteiger partial charge in [0.25, 0.3) is 5.56 Å². The average molecular weight is 222 g/mol. The predicted molar refractivity (Wildman–Crippen MR) is 56.8 cm³/mol. The van der Waals surface area contributed by atoms with Gasteiger partial charge in [-0.15, -0.1) is 0 Å². The van der Waals surface area contributed by atoms with Gasteiger partial charge in [0.05, 0.1) is 6.54 Å². The molecule has 0 N–H and O–H groups in total. The van der Waals surface area contributed by atoms with Crippen LogP contribution in [0.25, 0.3) is 0 Å². The SMILES string of the molecule is O=c1cccnn1Cc1ccnc(Cl)c1. The van der Waals surface area contributed by atoms with Gasteiger partial charge in [0, 0.05) is 18.5 Å². The van der Waals surface area contributed by atoms with Crippen molar-refractivity contribution in [3.05, 3.63) is 57.7 Å². The third-order valence-corrected chi connectivity index (χ3v) is 2.12. The molecular formula is C10H8ClN3O. The molecule has 0 fully saturated rings. The molecule has 4 nitrogen and oxygen atoms in total. The molecule has 0 aliphatic carbocycles. The maximum absolute atomic E-state index is 11.4. The molecule has 2 heterocycles. The summed E-state index contributed by atoms with van der Waals surface area (Å²) in [5.41, 5.74) is 0.765. The van der Waals surface area contributed by atoms with Crippen LogP contribution in [0.3, 0.4) is 0 Å². The summed E-state index contributed by atoms with van der Waals surface area (Å²) in [5.74, 6) is 0. The highest BCUT2D eigenvalue weighted by atomic mass is 35.5. The van der Waals surface area contributed by atoms with Crippen molar-refractivity contribution in [2.75, 3.05) is 0 Å². The van der Waals surface area contributed by atoms with E-state index in [-0.39, 0.29) is 5.56 Å². The normalized spacial score (nSPS) is 10.2. The van der Waals surface area contributed by atoms with Gasteiger partial charge in [-0.05, 0) is 23.8 Å². The third kappa shape index (κ3) is 2.41. The Hall–Kier alpha value is -1.68. The minimum absolute atomic E-state index is 0.134. The molecule has 2 aromatic rings. The second-order valence-electron chi connectivity index (χ2n) is 3.01. The van der Waals surface area contributed by atoms with Gasteiger partial charge < -0.3 is 0 Å². The number of hydrogen-bond acceptors (Lipinski definition) is 3. The molecule has 0 aromatic carbocycles. The summed E-state index contributed by atoms with van der Waals surface area (Å²) in [4.78, 5) is 15.2. The van der Waals surface area contributed by atoms with E-state index < -0.39 is 0 Å². The van der Waals surface area contributed by atoms with Crippen molar-refractivity contribution in [2.24, 2.45) is 0 Å². The maximum Gasteiger partial charge on any atom is 0.267 e. The van der Waals surface area contributed by atoms with E-state index in [1.54, 1.807) is 30.6 Å². The zero-order valence-electron chi connectivity index (χ0n) is 7.80. The fourth-order valence-electron chi connectivity index (χ4n) is 1.22.